The molecule has 1 saturated heterocycles. The molecule has 0 amide bonds. The Bertz CT molecular complexity index is 897. The minimum Gasteiger partial charge on any atom is -0.495 e. The molecule has 26 heavy (non-hydrogen) atoms. The number of ether oxygens (including phenoxy) is 1. The zero-order chi connectivity index (χ0) is 18.7. The molecule has 0 atom stereocenters. The third kappa shape index (κ3) is 4.24. The van der Waals surface area contributed by atoms with Crippen molar-refractivity contribution in [1.29, 1.82) is 0 Å². The Hall–Kier alpha value is -1.52. The minimum atomic E-state index is -3.68. The topological polar surface area (TPSA) is 70.7 Å². The van der Waals surface area contributed by atoms with Gasteiger partial charge in [0.2, 0.25) is 0 Å². The maximum absolute atomic E-state index is 12.8. The molecule has 0 radical (unpaired) electrons. The molecule has 6 nitrogen and oxygen atoms in total. The van der Waals surface area contributed by atoms with Gasteiger partial charge in [-0.15, -0.1) is 0 Å². The maximum atomic E-state index is 12.8. The standard InChI is InChI=1S/C18H22IN3O3S/c1-13-3-4-14(11-16(13)19)21-26(23,24)15-5-6-18(25-2)17(12-15)22-9-7-20-8-10-22/h3-6,11-12,20-21H,7-10H2,1-2H3. The van der Waals surface area contributed by atoms with E-state index in [0.717, 1.165) is 41.0 Å². The number of piperazine rings is 1. The van der Waals surface area contributed by atoms with Crippen molar-refractivity contribution < 1.29 is 13.2 Å². The summed E-state index contributed by atoms with van der Waals surface area (Å²) in [7, 11) is -2.08. The van der Waals surface area contributed by atoms with E-state index in [1.807, 2.05) is 19.1 Å². The third-order valence-corrected chi connectivity index (χ3v) is 6.88. The van der Waals surface area contributed by atoms with Gasteiger partial charge >= 0.3 is 0 Å². The number of benzene rings is 2. The number of methoxy groups -OCH3 is 1. The van der Waals surface area contributed by atoms with E-state index in [0.29, 0.717) is 11.4 Å². The molecule has 0 aliphatic carbocycles. The number of sulfonamides is 1. The van der Waals surface area contributed by atoms with Crippen molar-refractivity contribution in [2.45, 2.75) is 11.8 Å². The number of halogens is 1. The molecule has 1 heterocycles. The smallest absolute Gasteiger partial charge is 0.261 e. The Balaban J connectivity index is 1.92. The van der Waals surface area contributed by atoms with Crippen LogP contribution in [0.15, 0.2) is 41.3 Å². The molecule has 140 valence electrons. The average Bonchev–Trinajstić information content (AvgIpc) is 2.64. The second kappa shape index (κ2) is 8.01. The van der Waals surface area contributed by atoms with Crippen LogP contribution in [0.5, 0.6) is 5.75 Å². The van der Waals surface area contributed by atoms with Gasteiger partial charge in [0, 0.05) is 35.4 Å². The van der Waals surface area contributed by atoms with Gasteiger partial charge in [-0.3, -0.25) is 4.72 Å². The van der Waals surface area contributed by atoms with E-state index in [-0.39, 0.29) is 4.90 Å². The molecule has 8 heteroatoms. The van der Waals surface area contributed by atoms with Gasteiger partial charge in [-0.25, -0.2) is 8.42 Å². The highest BCUT2D eigenvalue weighted by molar-refractivity contribution is 14.1. The molecule has 2 N–H and O–H groups in total. The van der Waals surface area contributed by atoms with Gasteiger partial charge in [-0.2, -0.15) is 0 Å². The predicted molar refractivity (Wildman–Crippen MR) is 113 cm³/mol. The normalized spacial score (nSPS) is 15.0. The van der Waals surface area contributed by atoms with Crippen molar-refractivity contribution in [3.63, 3.8) is 0 Å². The summed E-state index contributed by atoms with van der Waals surface area (Å²) >= 11 is 2.20. The molecular formula is C18H22IN3O3S. The zero-order valence-corrected chi connectivity index (χ0v) is 17.7. The Labute approximate surface area is 168 Å². The molecule has 0 spiro atoms. The SMILES string of the molecule is COc1ccc(S(=O)(=O)Nc2ccc(C)c(I)c2)cc1N1CCNCC1. The minimum absolute atomic E-state index is 0.224. The summed E-state index contributed by atoms with van der Waals surface area (Å²) in [5.41, 5.74) is 2.47. The molecule has 2 aromatic rings. The van der Waals surface area contributed by atoms with Crippen LogP contribution in [0.2, 0.25) is 0 Å². The first-order chi connectivity index (χ1) is 12.4. The van der Waals surface area contributed by atoms with Crippen molar-refractivity contribution in [1.82, 2.24) is 5.32 Å². The molecule has 0 bridgehead atoms. The lowest BCUT2D eigenvalue weighted by Crippen LogP contribution is -2.43. The van der Waals surface area contributed by atoms with E-state index >= 15 is 0 Å². The van der Waals surface area contributed by atoms with Gasteiger partial charge in [0.25, 0.3) is 10.0 Å². The van der Waals surface area contributed by atoms with E-state index in [9.17, 15) is 8.42 Å². The van der Waals surface area contributed by atoms with Crippen LogP contribution in [0.4, 0.5) is 11.4 Å². The second-order valence-corrected chi connectivity index (χ2v) is 8.98. The van der Waals surface area contributed by atoms with Crippen molar-refractivity contribution in [2.24, 2.45) is 0 Å². The first kappa shape index (κ1) is 19.2. The lowest BCUT2D eigenvalue weighted by atomic mass is 10.2. The Morgan fingerprint density at radius 1 is 1.15 bits per heavy atom. The van der Waals surface area contributed by atoms with Crippen LogP contribution in [0.3, 0.4) is 0 Å². The first-order valence-corrected chi connectivity index (χ1v) is 10.9. The number of hydrogen-bond donors (Lipinski definition) is 2. The van der Waals surface area contributed by atoms with E-state index in [2.05, 4.69) is 37.5 Å². The summed E-state index contributed by atoms with van der Waals surface area (Å²) in [6.45, 7) is 5.33. The Kier molecular flexibility index (Phi) is 5.93. The van der Waals surface area contributed by atoms with Crippen LogP contribution in [0.25, 0.3) is 0 Å². The number of hydrogen-bond acceptors (Lipinski definition) is 5. The fourth-order valence-electron chi connectivity index (χ4n) is 2.86. The fourth-order valence-corrected chi connectivity index (χ4v) is 4.44. The van der Waals surface area contributed by atoms with E-state index in [1.165, 1.54) is 0 Å². The molecule has 0 saturated carbocycles. The van der Waals surface area contributed by atoms with Gasteiger partial charge in [0.15, 0.2) is 0 Å². The molecule has 0 aromatic heterocycles. The molecule has 0 unspecified atom stereocenters. The monoisotopic (exact) mass is 487 g/mol. The van der Waals surface area contributed by atoms with E-state index < -0.39 is 10.0 Å². The van der Waals surface area contributed by atoms with E-state index in [4.69, 9.17) is 4.74 Å². The van der Waals surface area contributed by atoms with Crippen molar-refractivity contribution in [2.75, 3.05) is 42.9 Å². The number of aryl methyl sites for hydroxylation is 1. The van der Waals surface area contributed by atoms with Gasteiger partial charge < -0.3 is 15.0 Å². The Morgan fingerprint density at radius 3 is 2.54 bits per heavy atom. The van der Waals surface area contributed by atoms with Crippen molar-refractivity contribution >= 4 is 44.0 Å². The number of rotatable bonds is 5. The molecule has 3 rings (SSSR count). The van der Waals surface area contributed by atoms with Gasteiger partial charge in [-0.1, -0.05) is 6.07 Å². The molecule has 2 aromatic carbocycles. The lowest BCUT2D eigenvalue weighted by molar-refractivity contribution is 0.412. The Morgan fingerprint density at radius 2 is 1.88 bits per heavy atom. The number of nitrogens with zero attached hydrogens (tertiary/aromatic N) is 1. The summed E-state index contributed by atoms with van der Waals surface area (Å²) in [6.07, 6.45) is 0. The van der Waals surface area contributed by atoms with Crippen LogP contribution in [0, 0.1) is 10.5 Å². The highest BCUT2D eigenvalue weighted by atomic mass is 127. The molecular weight excluding hydrogens is 465 g/mol. The van der Waals surface area contributed by atoms with Crippen LogP contribution < -0.4 is 19.7 Å². The van der Waals surface area contributed by atoms with Crippen LogP contribution in [-0.4, -0.2) is 41.7 Å². The summed E-state index contributed by atoms with van der Waals surface area (Å²) in [5, 5.41) is 3.30. The van der Waals surface area contributed by atoms with Gasteiger partial charge in [-0.05, 0) is 65.4 Å². The quantitative estimate of drug-likeness (QED) is 0.635. The van der Waals surface area contributed by atoms with Crippen LogP contribution >= 0.6 is 22.6 Å². The molecule has 1 aliphatic rings. The number of nitrogens with one attached hydrogen (secondary N) is 2. The summed E-state index contributed by atoms with van der Waals surface area (Å²) in [4.78, 5) is 2.37. The zero-order valence-electron chi connectivity index (χ0n) is 14.8. The van der Waals surface area contributed by atoms with Crippen molar-refractivity contribution in [3.05, 3.63) is 45.5 Å². The lowest BCUT2D eigenvalue weighted by Gasteiger charge is -2.30. The largest absolute Gasteiger partial charge is 0.495 e. The maximum Gasteiger partial charge on any atom is 0.261 e. The summed E-state index contributed by atoms with van der Waals surface area (Å²) in [5.74, 6) is 0.677. The highest BCUT2D eigenvalue weighted by Crippen LogP contribution is 2.32. The molecule has 1 fully saturated rings. The first-order valence-electron chi connectivity index (χ1n) is 8.33. The third-order valence-electron chi connectivity index (χ3n) is 4.34. The van der Waals surface area contributed by atoms with Gasteiger partial charge in [0.1, 0.15) is 5.75 Å². The van der Waals surface area contributed by atoms with Crippen molar-refractivity contribution in [3.8, 4) is 5.75 Å². The average molecular weight is 487 g/mol. The molecule has 1 aliphatic heterocycles. The van der Waals surface area contributed by atoms with Crippen LogP contribution in [-0.2, 0) is 10.0 Å². The van der Waals surface area contributed by atoms with Crippen LogP contribution in [0.1, 0.15) is 5.56 Å². The van der Waals surface area contributed by atoms with Gasteiger partial charge in [0.05, 0.1) is 17.7 Å². The summed E-state index contributed by atoms with van der Waals surface area (Å²) in [6, 6.07) is 10.5. The fraction of sp³-hybridized carbons (Fsp3) is 0.333. The highest BCUT2D eigenvalue weighted by Gasteiger charge is 2.21. The van der Waals surface area contributed by atoms with E-state index in [1.54, 1.807) is 31.4 Å². The predicted octanol–water partition coefficient (Wildman–Crippen LogP) is 2.82. The second-order valence-electron chi connectivity index (χ2n) is 6.14. The number of anilines is 2. The summed E-state index contributed by atoms with van der Waals surface area (Å²) < 4.78 is 34.8.